The van der Waals surface area contributed by atoms with Gasteiger partial charge in [-0.25, -0.2) is 0 Å². The van der Waals surface area contributed by atoms with Crippen molar-refractivity contribution in [1.29, 1.82) is 0 Å². The molecule has 94 valence electrons. The van der Waals surface area contributed by atoms with Gasteiger partial charge in [-0.3, -0.25) is 19.3 Å². The summed E-state index contributed by atoms with van der Waals surface area (Å²) in [5, 5.41) is 2.78. The second-order valence-corrected chi connectivity index (χ2v) is 5.17. The molecule has 5 heteroatoms. The quantitative estimate of drug-likeness (QED) is 0.732. The van der Waals surface area contributed by atoms with Crippen molar-refractivity contribution in [3.05, 3.63) is 11.6 Å². The first-order valence-corrected chi connectivity index (χ1v) is 5.56. The van der Waals surface area contributed by atoms with Gasteiger partial charge in [0.25, 0.3) is 11.8 Å². The van der Waals surface area contributed by atoms with Crippen molar-refractivity contribution in [3.8, 4) is 0 Å². The Labute approximate surface area is 101 Å². The molecule has 0 radical (unpaired) electrons. The zero-order valence-electron chi connectivity index (χ0n) is 10.7. The smallest absolute Gasteiger partial charge is 0.256 e. The van der Waals surface area contributed by atoms with Gasteiger partial charge in [-0.05, 0) is 27.7 Å². The van der Waals surface area contributed by atoms with Gasteiger partial charge < -0.3 is 5.32 Å². The van der Waals surface area contributed by atoms with Gasteiger partial charge in [-0.1, -0.05) is 0 Å². The number of rotatable bonds is 3. The van der Waals surface area contributed by atoms with E-state index in [1.54, 1.807) is 6.92 Å². The first-order chi connectivity index (χ1) is 7.70. The van der Waals surface area contributed by atoms with E-state index in [1.807, 2.05) is 20.8 Å². The summed E-state index contributed by atoms with van der Waals surface area (Å²) < 4.78 is 0. The van der Waals surface area contributed by atoms with Gasteiger partial charge in [0, 0.05) is 30.2 Å². The number of carbonyl (C=O) groups excluding carboxylic acids is 3. The molecule has 0 bridgehead atoms. The Balaban J connectivity index is 2.45. The highest BCUT2D eigenvalue weighted by molar-refractivity contribution is 6.15. The van der Waals surface area contributed by atoms with E-state index in [-0.39, 0.29) is 36.2 Å². The molecule has 0 aromatic rings. The molecule has 0 atom stereocenters. The summed E-state index contributed by atoms with van der Waals surface area (Å²) in [4.78, 5) is 35.5. The fourth-order valence-corrected chi connectivity index (χ4v) is 1.54. The van der Waals surface area contributed by atoms with Gasteiger partial charge in [0.1, 0.15) is 0 Å². The van der Waals surface area contributed by atoms with Crippen molar-refractivity contribution < 1.29 is 14.4 Å². The van der Waals surface area contributed by atoms with Crippen LogP contribution in [0.3, 0.4) is 0 Å². The maximum Gasteiger partial charge on any atom is 0.256 e. The molecule has 0 aromatic heterocycles. The normalized spacial score (nSPS) is 16.2. The molecule has 1 rings (SSSR count). The maximum absolute atomic E-state index is 11.5. The van der Waals surface area contributed by atoms with Crippen LogP contribution in [-0.2, 0) is 14.4 Å². The number of hydrogen-bond donors (Lipinski definition) is 1. The van der Waals surface area contributed by atoms with E-state index in [9.17, 15) is 14.4 Å². The summed E-state index contributed by atoms with van der Waals surface area (Å²) >= 11 is 0. The van der Waals surface area contributed by atoms with Crippen LogP contribution in [0.5, 0.6) is 0 Å². The van der Waals surface area contributed by atoms with E-state index in [0.717, 1.165) is 4.90 Å². The van der Waals surface area contributed by atoms with E-state index >= 15 is 0 Å². The van der Waals surface area contributed by atoms with Crippen LogP contribution in [0.25, 0.3) is 0 Å². The summed E-state index contributed by atoms with van der Waals surface area (Å²) in [5.41, 5.74) is 0.121. The monoisotopic (exact) mass is 238 g/mol. The number of nitrogens with zero attached hydrogens (tertiary/aromatic N) is 1. The summed E-state index contributed by atoms with van der Waals surface area (Å²) in [7, 11) is 0. The number of hydrogen-bond acceptors (Lipinski definition) is 3. The van der Waals surface area contributed by atoms with Crippen LogP contribution in [0.15, 0.2) is 11.6 Å². The summed E-state index contributed by atoms with van der Waals surface area (Å²) in [6.07, 6.45) is 1.43. The molecule has 0 spiro atoms. The molecule has 1 heterocycles. The molecule has 5 nitrogen and oxygen atoms in total. The minimum Gasteiger partial charge on any atom is -0.351 e. The largest absolute Gasteiger partial charge is 0.351 e. The lowest BCUT2D eigenvalue weighted by Crippen LogP contribution is -2.42. The fourth-order valence-electron chi connectivity index (χ4n) is 1.54. The van der Waals surface area contributed by atoms with Gasteiger partial charge >= 0.3 is 0 Å². The second-order valence-electron chi connectivity index (χ2n) is 5.17. The van der Waals surface area contributed by atoms with E-state index in [4.69, 9.17) is 0 Å². The number of imide groups is 1. The van der Waals surface area contributed by atoms with Gasteiger partial charge in [0.05, 0.1) is 0 Å². The van der Waals surface area contributed by atoms with Crippen molar-refractivity contribution >= 4 is 17.7 Å². The van der Waals surface area contributed by atoms with Crippen LogP contribution in [0.1, 0.15) is 34.1 Å². The van der Waals surface area contributed by atoms with Gasteiger partial charge in [0.15, 0.2) is 0 Å². The molecule has 1 N–H and O–H groups in total. The molecule has 17 heavy (non-hydrogen) atoms. The van der Waals surface area contributed by atoms with Crippen molar-refractivity contribution in [3.63, 3.8) is 0 Å². The average molecular weight is 238 g/mol. The summed E-state index contributed by atoms with van der Waals surface area (Å²) in [6, 6.07) is 0. The van der Waals surface area contributed by atoms with Crippen LogP contribution in [0.4, 0.5) is 0 Å². The zero-order valence-corrected chi connectivity index (χ0v) is 10.7. The second kappa shape index (κ2) is 4.69. The zero-order chi connectivity index (χ0) is 13.2. The molecular weight excluding hydrogens is 220 g/mol. The van der Waals surface area contributed by atoms with Gasteiger partial charge in [0.2, 0.25) is 5.91 Å². The lowest BCUT2D eigenvalue weighted by molar-refractivity contribution is -0.137. The van der Waals surface area contributed by atoms with Crippen LogP contribution in [-0.4, -0.2) is 34.7 Å². The number of nitrogens with one attached hydrogen (secondary N) is 1. The fraction of sp³-hybridized carbons (Fsp3) is 0.583. The Kier molecular flexibility index (Phi) is 3.70. The molecule has 1 aliphatic rings. The van der Waals surface area contributed by atoms with E-state index in [1.165, 1.54) is 6.08 Å². The molecule has 0 fully saturated rings. The van der Waals surface area contributed by atoms with Gasteiger partial charge in [-0.2, -0.15) is 0 Å². The maximum atomic E-state index is 11.5. The number of amides is 3. The first kappa shape index (κ1) is 13.4. The highest BCUT2D eigenvalue weighted by atomic mass is 16.2. The van der Waals surface area contributed by atoms with Crippen LogP contribution in [0, 0.1) is 0 Å². The van der Waals surface area contributed by atoms with Crippen LogP contribution in [0.2, 0.25) is 0 Å². The third kappa shape index (κ3) is 3.69. The van der Waals surface area contributed by atoms with Gasteiger partial charge in [-0.15, -0.1) is 0 Å². The van der Waals surface area contributed by atoms with Crippen LogP contribution < -0.4 is 5.32 Å². The SMILES string of the molecule is CC1=CC(=O)N(CCC(=O)NC(C)(C)C)C1=O. The van der Waals surface area contributed by atoms with Crippen LogP contribution >= 0.6 is 0 Å². The Morgan fingerprint density at radius 1 is 1.35 bits per heavy atom. The highest BCUT2D eigenvalue weighted by Crippen LogP contribution is 2.12. The third-order valence-electron chi connectivity index (χ3n) is 2.27. The van der Waals surface area contributed by atoms with Crippen molar-refractivity contribution in [2.75, 3.05) is 6.54 Å². The summed E-state index contributed by atoms with van der Waals surface area (Å²) in [6.45, 7) is 7.36. The van der Waals surface area contributed by atoms with E-state index in [0.29, 0.717) is 5.57 Å². The Bertz CT molecular complexity index is 391. The predicted molar refractivity (Wildman–Crippen MR) is 63.0 cm³/mol. The van der Waals surface area contributed by atoms with E-state index in [2.05, 4.69) is 5.32 Å². The molecule has 0 saturated heterocycles. The topological polar surface area (TPSA) is 66.5 Å². The predicted octanol–water partition coefficient (Wildman–Crippen LogP) is 0.606. The van der Waals surface area contributed by atoms with Crippen molar-refractivity contribution in [1.82, 2.24) is 10.2 Å². The molecule has 3 amide bonds. The molecule has 0 aliphatic carbocycles. The average Bonchev–Trinajstić information content (AvgIpc) is 2.36. The highest BCUT2D eigenvalue weighted by Gasteiger charge is 2.28. The Morgan fingerprint density at radius 2 is 1.94 bits per heavy atom. The Hall–Kier alpha value is -1.65. The minimum absolute atomic E-state index is 0.132. The number of carbonyl (C=O) groups is 3. The lowest BCUT2D eigenvalue weighted by atomic mass is 10.1. The lowest BCUT2D eigenvalue weighted by Gasteiger charge is -2.21. The molecule has 0 unspecified atom stereocenters. The minimum atomic E-state index is -0.337. The first-order valence-electron chi connectivity index (χ1n) is 5.56. The summed E-state index contributed by atoms with van der Waals surface area (Å²) in [5.74, 6) is -0.808. The molecule has 0 saturated carbocycles. The molecule has 0 aromatic carbocycles. The molecular formula is C12H18N2O3. The van der Waals surface area contributed by atoms with Crippen molar-refractivity contribution in [2.45, 2.75) is 39.7 Å². The Morgan fingerprint density at radius 3 is 2.35 bits per heavy atom. The standard InChI is InChI=1S/C12H18N2O3/c1-8-7-10(16)14(11(8)17)6-5-9(15)13-12(2,3)4/h7H,5-6H2,1-4H3,(H,13,15). The van der Waals surface area contributed by atoms with Crippen molar-refractivity contribution in [2.24, 2.45) is 0 Å². The third-order valence-corrected chi connectivity index (χ3v) is 2.27. The van der Waals surface area contributed by atoms with E-state index < -0.39 is 0 Å². The molecule has 1 aliphatic heterocycles.